The Morgan fingerprint density at radius 2 is 2.28 bits per heavy atom. The van der Waals surface area contributed by atoms with Crippen molar-refractivity contribution in [1.82, 2.24) is 19.5 Å². The third-order valence-corrected chi connectivity index (χ3v) is 5.59. The Kier molecular flexibility index (Phi) is 4.67. The second-order valence-corrected chi connectivity index (χ2v) is 7.39. The van der Waals surface area contributed by atoms with Crippen LogP contribution >= 0.6 is 11.3 Å². The van der Waals surface area contributed by atoms with Gasteiger partial charge in [0.15, 0.2) is 0 Å². The van der Waals surface area contributed by atoms with E-state index in [4.69, 9.17) is 9.72 Å². The van der Waals surface area contributed by atoms with Crippen LogP contribution in [0, 0.1) is 6.92 Å². The SMILES string of the molecule is COCCn1ccnc1[C@H]1CCCN(c2nc(C)nc3sccc23)C1. The Labute approximate surface area is 151 Å². The van der Waals surface area contributed by atoms with Crippen molar-refractivity contribution in [3.05, 3.63) is 35.5 Å². The molecule has 3 aromatic rings. The van der Waals surface area contributed by atoms with Crippen molar-refractivity contribution < 1.29 is 4.74 Å². The minimum atomic E-state index is 0.421. The Bertz CT molecular complexity index is 858. The standard InChI is InChI=1S/C18H23N5OS/c1-13-20-17(15-5-11-25-18(15)21-13)23-7-3-4-14(12-23)16-19-6-8-22(16)9-10-24-2/h5-6,8,11,14H,3-4,7,9-10,12H2,1-2H3/t14-/m0/s1. The van der Waals surface area contributed by atoms with Crippen molar-refractivity contribution in [2.75, 3.05) is 31.7 Å². The summed E-state index contributed by atoms with van der Waals surface area (Å²) in [5.74, 6) is 3.50. The van der Waals surface area contributed by atoms with Crippen LogP contribution in [-0.4, -0.2) is 46.3 Å². The van der Waals surface area contributed by atoms with Crippen molar-refractivity contribution in [3.63, 3.8) is 0 Å². The van der Waals surface area contributed by atoms with Crippen LogP contribution in [0.4, 0.5) is 5.82 Å². The summed E-state index contributed by atoms with van der Waals surface area (Å²) in [5.41, 5.74) is 0. The summed E-state index contributed by atoms with van der Waals surface area (Å²) >= 11 is 1.68. The van der Waals surface area contributed by atoms with Crippen LogP contribution in [0.25, 0.3) is 10.2 Å². The van der Waals surface area contributed by atoms with Gasteiger partial charge in [-0.15, -0.1) is 11.3 Å². The average Bonchev–Trinajstić information content (AvgIpc) is 3.28. The maximum Gasteiger partial charge on any atom is 0.141 e. The summed E-state index contributed by atoms with van der Waals surface area (Å²) in [4.78, 5) is 17.4. The fourth-order valence-corrected chi connectivity index (χ4v) is 4.43. The summed E-state index contributed by atoms with van der Waals surface area (Å²) < 4.78 is 7.45. The van der Waals surface area contributed by atoms with Gasteiger partial charge >= 0.3 is 0 Å². The third kappa shape index (κ3) is 3.26. The molecule has 6 nitrogen and oxygen atoms in total. The van der Waals surface area contributed by atoms with E-state index in [0.29, 0.717) is 12.5 Å². The van der Waals surface area contributed by atoms with Crippen LogP contribution in [0.3, 0.4) is 0 Å². The fourth-order valence-electron chi connectivity index (χ4n) is 3.62. The van der Waals surface area contributed by atoms with E-state index in [2.05, 4.69) is 37.1 Å². The number of methoxy groups -OCH3 is 1. The lowest BCUT2D eigenvalue weighted by molar-refractivity contribution is 0.185. The topological polar surface area (TPSA) is 56.1 Å². The number of fused-ring (bicyclic) bond motifs is 1. The minimum absolute atomic E-state index is 0.421. The Hall–Kier alpha value is -1.99. The number of imidazole rings is 1. The number of hydrogen-bond donors (Lipinski definition) is 0. The molecule has 0 saturated carbocycles. The van der Waals surface area contributed by atoms with Crippen LogP contribution < -0.4 is 4.90 Å². The van der Waals surface area contributed by atoms with Crippen molar-refractivity contribution >= 4 is 27.4 Å². The largest absolute Gasteiger partial charge is 0.383 e. The molecule has 0 unspecified atom stereocenters. The number of thiophene rings is 1. The van der Waals surface area contributed by atoms with Crippen LogP contribution in [-0.2, 0) is 11.3 Å². The maximum atomic E-state index is 5.23. The number of aryl methyl sites for hydroxylation is 1. The lowest BCUT2D eigenvalue weighted by Gasteiger charge is -2.34. The first-order valence-corrected chi connectivity index (χ1v) is 9.61. The molecule has 7 heteroatoms. The molecule has 132 valence electrons. The highest BCUT2D eigenvalue weighted by atomic mass is 32.1. The van der Waals surface area contributed by atoms with E-state index in [-0.39, 0.29) is 0 Å². The van der Waals surface area contributed by atoms with Gasteiger partial charge in [-0.2, -0.15) is 0 Å². The van der Waals surface area contributed by atoms with Crippen molar-refractivity contribution in [2.24, 2.45) is 0 Å². The minimum Gasteiger partial charge on any atom is -0.383 e. The molecule has 1 aliphatic heterocycles. The lowest BCUT2D eigenvalue weighted by Crippen LogP contribution is -2.36. The van der Waals surface area contributed by atoms with E-state index in [1.807, 2.05) is 13.1 Å². The van der Waals surface area contributed by atoms with Gasteiger partial charge in [0.2, 0.25) is 0 Å². The molecule has 1 saturated heterocycles. The van der Waals surface area contributed by atoms with Gasteiger partial charge in [0, 0.05) is 45.1 Å². The summed E-state index contributed by atoms with van der Waals surface area (Å²) in [7, 11) is 1.74. The van der Waals surface area contributed by atoms with Crippen LogP contribution in [0.2, 0.25) is 0 Å². The van der Waals surface area contributed by atoms with Gasteiger partial charge in [0.25, 0.3) is 0 Å². The molecule has 1 atom stereocenters. The molecule has 25 heavy (non-hydrogen) atoms. The van der Waals surface area contributed by atoms with Gasteiger partial charge in [-0.3, -0.25) is 0 Å². The second-order valence-electron chi connectivity index (χ2n) is 6.49. The smallest absolute Gasteiger partial charge is 0.141 e. The highest BCUT2D eigenvalue weighted by molar-refractivity contribution is 7.16. The first-order valence-electron chi connectivity index (χ1n) is 8.73. The molecule has 0 bridgehead atoms. The normalized spacial score (nSPS) is 18.2. The molecule has 0 radical (unpaired) electrons. The Morgan fingerprint density at radius 3 is 3.16 bits per heavy atom. The highest BCUT2D eigenvalue weighted by Gasteiger charge is 2.26. The van der Waals surface area contributed by atoms with Gasteiger partial charge in [0.05, 0.1) is 12.0 Å². The summed E-state index contributed by atoms with van der Waals surface area (Å²) in [6, 6.07) is 2.14. The van der Waals surface area contributed by atoms with E-state index < -0.39 is 0 Å². The molecule has 1 fully saturated rings. The first kappa shape index (κ1) is 16.5. The van der Waals surface area contributed by atoms with Crippen LogP contribution in [0.5, 0.6) is 0 Å². The zero-order chi connectivity index (χ0) is 17.2. The molecule has 4 heterocycles. The van der Waals surface area contributed by atoms with E-state index in [1.165, 1.54) is 5.39 Å². The molecular weight excluding hydrogens is 334 g/mol. The van der Waals surface area contributed by atoms with Gasteiger partial charge in [-0.25, -0.2) is 15.0 Å². The van der Waals surface area contributed by atoms with Crippen molar-refractivity contribution in [3.8, 4) is 0 Å². The second kappa shape index (κ2) is 7.09. The Balaban J connectivity index is 1.61. The highest BCUT2D eigenvalue weighted by Crippen LogP contribution is 2.33. The van der Waals surface area contributed by atoms with Gasteiger partial charge in [-0.1, -0.05) is 0 Å². The number of hydrogen-bond acceptors (Lipinski definition) is 6. The van der Waals surface area contributed by atoms with Gasteiger partial charge < -0.3 is 14.2 Å². The summed E-state index contributed by atoms with van der Waals surface area (Å²) in [6.45, 7) is 5.52. The van der Waals surface area contributed by atoms with E-state index >= 15 is 0 Å². The molecule has 4 rings (SSSR count). The number of anilines is 1. The summed E-state index contributed by atoms with van der Waals surface area (Å²) in [5, 5.41) is 3.26. The zero-order valence-electron chi connectivity index (χ0n) is 14.7. The first-order chi connectivity index (χ1) is 12.3. The molecule has 0 N–H and O–H groups in total. The quantitative estimate of drug-likeness (QED) is 0.702. The van der Waals surface area contributed by atoms with Crippen LogP contribution in [0.1, 0.15) is 30.4 Å². The van der Waals surface area contributed by atoms with Gasteiger partial charge in [-0.05, 0) is 31.2 Å². The fraction of sp³-hybridized carbons (Fsp3) is 0.500. The van der Waals surface area contributed by atoms with E-state index in [0.717, 1.165) is 54.8 Å². The molecule has 0 spiro atoms. The van der Waals surface area contributed by atoms with E-state index in [9.17, 15) is 0 Å². The van der Waals surface area contributed by atoms with Crippen LogP contribution in [0.15, 0.2) is 23.8 Å². The molecule has 1 aliphatic rings. The molecule has 3 aromatic heterocycles. The summed E-state index contributed by atoms with van der Waals surface area (Å²) in [6.07, 6.45) is 6.27. The maximum absolute atomic E-state index is 5.23. The molecule has 0 aliphatic carbocycles. The predicted octanol–water partition coefficient (Wildman–Crippen LogP) is 3.23. The number of aromatic nitrogens is 4. The Morgan fingerprint density at radius 1 is 1.36 bits per heavy atom. The zero-order valence-corrected chi connectivity index (χ0v) is 15.5. The van der Waals surface area contributed by atoms with E-state index in [1.54, 1.807) is 18.4 Å². The van der Waals surface area contributed by atoms with Gasteiger partial charge in [0.1, 0.15) is 22.3 Å². The monoisotopic (exact) mass is 357 g/mol. The molecule has 0 aromatic carbocycles. The number of ether oxygens (including phenoxy) is 1. The number of nitrogens with zero attached hydrogens (tertiary/aromatic N) is 5. The third-order valence-electron chi connectivity index (χ3n) is 4.79. The van der Waals surface area contributed by atoms with Crippen molar-refractivity contribution in [1.29, 1.82) is 0 Å². The molecule has 0 amide bonds. The number of piperidine rings is 1. The number of rotatable bonds is 5. The van der Waals surface area contributed by atoms with Crippen molar-refractivity contribution in [2.45, 2.75) is 32.2 Å². The molecular formula is C18H23N5OS. The lowest BCUT2D eigenvalue weighted by atomic mass is 9.97. The average molecular weight is 357 g/mol. The predicted molar refractivity (Wildman–Crippen MR) is 100 cm³/mol.